The minimum atomic E-state index is -0.174. The zero-order valence-electron chi connectivity index (χ0n) is 12.2. The second-order valence-electron chi connectivity index (χ2n) is 6.78. The molecule has 1 amide bonds. The van der Waals surface area contributed by atoms with Crippen LogP contribution in [0.15, 0.2) is 16.9 Å². The van der Waals surface area contributed by atoms with Crippen LogP contribution in [0.4, 0.5) is 0 Å². The maximum absolute atomic E-state index is 12.4. The molecular weight excluding hydrogens is 266 g/mol. The number of hydrogen-bond acceptors (Lipinski definition) is 3. The van der Waals surface area contributed by atoms with Crippen molar-refractivity contribution >= 4 is 5.91 Å². The Hall–Kier alpha value is -1.65. The van der Waals surface area contributed by atoms with Crippen LogP contribution in [-0.2, 0) is 11.3 Å². The van der Waals surface area contributed by atoms with Crippen molar-refractivity contribution in [2.24, 2.45) is 11.8 Å². The smallest absolute Gasteiger partial charge is 0.267 e. The van der Waals surface area contributed by atoms with Crippen molar-refractivity contribution < 1.29 is 4.79 Å². The first kappa shape index (κ1) is 13.0. The lowest BCUT2D eigenvalue weighted by atomic mass is 10.0. The Morgan fingerprint density at radius 2 is 1.86 bits per heavy atom. The van der Waals surface area contributed by atoms with Gasteiger partial charge in [0.2, 0.25) is 5.91 Å². The normalized spacial score (nSPS) is 27.9. The fourth-order valence-corrected chi connectivity index (χ4v) is 3.84. The van der Waals surface area contributed by atoms with E-state index in [9.17, 15) is 9.59 Å². The molecule has 1 saturated heterocycles. The molecule has 1 aliphatic heterocycles. The van der Waals surface area contributed by atoms with E-state index in [1.807, 2.05) is 4.90 Å². The maximum Gasteiger partial charge on any atom is 0.267 e. The van der Waals surface area contributed by atoms with Crippen LogP contribution < -0.4 is 5.56 Å². The number of amides is 1. The molecule has 2 heterocycles. The number of likely N-dealkylation sites (tertiary alicyclic amines) is 1. The summed E-state index contributed by atoms with van der Waals surface area (Å²) in [6.07, 6.45) is 6.11. The van der Waals surface area contributed by atoms with E-state index in [4.69, 9.17) is 0 Å². The van der Waals surface area contributed by atoms with Crippen LogP contribution in [0, 0.1) is 11.8 Å². The van der Waals surface area contributed by atoms with Crippen LogP contribution in [0.5, 0.6) is 0 Å². The number of rotatable bonds is 3. The third-order valence-corrected chi connectivity index (χ3v) is 5.25. The van der Waals surface area contributed by atoms with Crippen LogP contribution >= 0.6 is 0 Å². The van der Waals surface area contributed by atoms with Gasteiger partial charge in [-0.2, -0.15) is 5.10 Å². The maximum atomic E-state index is 12.4. The first-order valence-electron chi connectivity index (χ1n) is 8.06. The Morgan fingerprint density at radius 3 is 2.52 bits per heavy atom. The molecule has 5 heteroatoms. The fraction of sp³-hybridized carbons (Fsp3) is 0.688. The van der Waals surface area contributed by atoms with Crippen molar-refractivity contribution in [3.05, 3.63) is 28.2 Å². The number of aromatic nitrogens is 2. The minimum absolute atomic E-state index is 0.0481. The topological polar surface area (TPSA) is 55.2 Å². The van der Waals surface area contributed by atoms with E-state index in [0.29, 0.717) is 17.8 Å². The molecule has 0 N–H and O–H groups in total. The summed E-state index contributed by atoms with van der Waals surface area (Å²) in [5, 5.41) is 4.37. The first-order valence-corrected chi connectivity index (χ1v) is 8.06. The molecule has 3 fully saturated rings. The molecule has 21 heavy (non-hydrogen) atoms. The van der Waals surface area contributed by atoms with E-state index in [1.165, 1.54) is 23.9 Å². The average molecular weight is 287 g/mol. The number of carbonyl (C=O) groups excluding carboxylic acids is 1. The second-order valence-corrected chi connectivity index (χ2v) is 6.78. The van der Waals surface area contributed by atoms with Gasteiger partial charge in [-0.1, -0.05) is 6.42 Å². The summed E-state index contributed by atoms with van der Waals surface area (Å²) in [4.78, 5) is 26.2. The van der Waals surface area contributed by atoms with Crippen LogP contribution in [0.25, 0.3) is 0 Å². The molecule has 5 nitrogen and oxygen atoms in total. The van der Waals surface area contributed by atoms with Crippen molar-refractivity contribution in [1.29, 1.82) is 0 Å². The van der Waals surface area contributed by atoms with Gasteiger partial charge in [-0.15, -0.1) is 0 Å². The third kappa shape index (κ3) is 2.49. The molecule has 2 unspecified atom stereocenters. The van der Waals surface area contributed by atoms with Gasteiger partial charge in [-0.25, -0.2) is 4.68 Å². The minimum Gasteiger partial charge on any atom is -0.341 e. The summed E-state index contributed by atoms with van der Waals surface area (Å²) in [7, 11) is 0. The monoisotopic (exact) mass is 287 g/mol. The lowest BCUT2D eigenvalue weighted by molar-refractivity contribution is -0.131. The largest absolute Gasteiger partial charge is 0.341 e. The Bertz CT molecular complexity index is 608. The van der Waals surface area contributed by atoms with Gasteiger partial charge < -0.3 is 4.90 Å². The Kier molecular flexibility index (Phi) is 3.08. The number of fused-ring (bicyclic) bond motifs is 1. The van der Waals surface area contributed by atoms with Crippen molar-refractivity contribution in [2.45, 2.75) is 44.6 Å². The summed E-state index contributed by atoms with van der Waals surface area (Å²) >= 11 is 0. The molecule has 0 bridgehead atoms. The second kappa shape index (κ2) is 4.97. The number of nitrogens with zero attached hydrogens (tertiary/aromatic N) is 3. The molecule has 2 atom stereocenters. The molecule has 2 aliphatic carbocycles. The third-order valence-electron chi connectivity index (χ3n) is 5.25. The standard InChI is InChI=1S/C16H21N3O2/c20-15-7-6-14(11-4-5-11)17-19(15)10-16(21)18-8-12-2-1-3-13(12)9-18/h6-7,11-13H,1-5,8-10H2. The molecule has 0 spiro atoms. The van der Waals surface area contributed by atoms with E-state index in [1.54, 1.807) is 12.1 Å². The van der Waals surface area contributed by atoms with E-state index >= 15 is 0 Å². The van der Waals surface area contributed by atoms with Crippen LogP contribution in [0.1, 0.15) is 43.7 Å². The predicted molar refractivity (Wildman–Crippen MR) is 77.9 cm³/mol. The van der Waals surface area contributed by atoms with E-state index < -0.39 is 0 Å². The van der Waals surface area contributed by atoms with Crippen molar-refractivity contribution in [3.63, 3.8) is 0 Å². The van der Waals surface area contributed by atoms with Crippen LogP contribution in [0.2, 0.25) is 0 Å². The van der Waals surface area contributed by atoms with Gasteiger partial charge in [0.25, 0.3) is 5.56 Å². The molecule has 112 valence electrons. The summed E-state index contributed by atoms with van der Waals surface area (Å²) in [5.41, 5.74) is 0.785. The first-order chi connectivity index (χ1) is 10.2. The fourth-order valence-electron chi connectivity index (χ4n) is 3.84. The van der Waals surface area contributed by atoms with Gasteiger partial charge in [0.1, 0.15) is 6.54 Å². The van der Waals surface area contributed by atoms with Gasteiger partial charge in [0.15, 0.2) is 0 Å². The molecule has 4 rings (SSSR count). The van der Waals surface area contributed by atoms with Crippen LogP contribution in [0.3, 0.4) is 0 Å². The molecule has 1 aromatic rings. The van der Waals surface area contributed by atoms with Gasteiger partial charge in [0, 0.05) is 25.1 Å². The van der Waals surface area contributed by atoms with Crippen molar-refractivity contribution in [2.75, 3.05) is 13.1 Å². The van der Waals surface area contributed by atoms with Gasteiger partial charge >= 0.3 is 0 Å². The van der Waals surface area contributed by atoms with Gasteiger partial charge in [0.05, 0.1) is 5.69 Å². The molecule has 2 saturated carbocycles. The quantitative estimate of drug-likeness (QED) is 0.844. The van der Waals surface area contributed by atoms with Crippen LogP contribution in [-0.4, -0.2) is 33.7 Å². The molecule has 3 aliphatic rings. The zero-order valence-corrected chi connectivity index (χ0v) is 12.2. The lowest BCUT2D eigenvalue weighted by Gasteiger charge is -2.17. The number of hydrogen-bond donors (Lipinski definition) is 0. The van der Waals surface area contributed by atoms with Crippen molar-refractivity contribution in [3.8, 4) is 0 Å². The van der Waals surface area contributed by atoms with Gasteiger partial charge in [-0.3, -0.25) is 9.59 Å². The Balaban J connectivity index is 1.47. The van der Waals surface area contributed by atoms with E-state index in [2.05, 4.69) is 5.10 Å². The summed E-state index contributed by atoms with van der Waals surface area (Å²) in [5.74, 6) is 1.93. The summed E-state index contributed by atoms with van der Waals surface area (Å²) < 4.78 is 1.35. The highest BCUT2D eigenvalue weighted by atomic mass is 16.2. The zero-order chi connectivity index (χ0) is 14.4. The highest BCUT2D eigenvalue weighted by Gasteiger charge is 2.38. The molecule has 0 aromatic carbocycles. The molecule has 1 aromatic heterocycles. The lowest BCUT2D eigenvalue weighted by Crippen LogP contribution is -2.36. The summed E-state index contributed by atoms with van der Waals surface area (Å²) in [6, 6.07) is 3.36. The van der Waals surface area contributed by atoms with E-state index in [0.717, 1.165) is 31.6 Å². The summed E-state index contributed by atoms with van der Waals surface area (Å²) in [6.45, 7) is 1.85. The predicted octanol–water partition coefficient (Wildman–Crippen LogP) is 1.38. The van der Waals surface area contributed by atoms with Gasteiger partial charge in [-0.05, 0) is 43.6 Å². The highest BCUT2D eigenvalue weighted by molar-refractivity contribution is 5.76. The highest BCUT2D eigenvalue weighted by Crippen LogP contribution is 2.39. The Morgan fingerprint density at radius 1 is 1.14 bits per heavy atom. The average Bonchev–Trinajstić information content (AvgIpc) is 3.08. The van der Waals surface area contributed by atoms with E-state index in [-0.39, 0.29) is 18.0 Å². The number of carbonyl (C=O) groups is 1. The molecular formula is C16H21N3O2. The Labute approximate surface area is 123 Å². The SMILES string of the molecule is O=C(Cn1nc(C2CC2)ccc1=O)N1CC2CCCC2C1. The van der Waals surface area contributed by atoms with Crippen molar-refractivity contribution in [1.82, 2.24) is 14.7 Å². The molecule has 0 radical (unpaired) electrons.